The van der Waals surface area contributed by atoms with E-state index in [9.17, 15) is 4.79 Å². The predicted octanol–water partition coefficient (Wildman–Crippen LogP) is 3.02. The second-order valence-electron chi connectivity index (χ2n) is 4.13. The molecule has 0 aliphatic carbocycles. The van der Waals surface area contributed by atoms with Gasteiger partial charge in [0.1, 0.15) is 5.75 Å². The summed E-state index contributed by atoms with van der Waals surface area (Å²) < 4.78 is 5.61. The summed E-state index contributed by atoms with van der Waals surface area (Å²) in [4.78, 5) is 11.8. The number of halogens is 1. The lowest BCUT2D eigenvalue weighted by atomic mass is 10.2. The third-order valence-electron chi connectivity index (χ3n) is 2.19. The molecule has 0 aliphatic heterocycles. The minimum absolute atomic E-state index is 0.0857. The molecule has 0 radical (unpaired) electrons. The molecule has 1 aromatic carbocycles. The van der Waals surface area contributed by atoms with Crippen molar-refractivity contribution in [3.8, 4) is 5.75 Å². The molecule has 94 valence electrons. The van der Waals surface area contributed by atoms with Gasteiger partial charge in [-0.1, -0.05) is 18.5 Å². The molecule has 17 heavy (non-hydrogen) atoms. The number of ether oxygens (including phenoxy) is 1. The van der Waals surface area contributed by atoms with Crippen LogP contribution in [-0.2, 0) is 4.79 Å². The van der Waals surface area contributed by atoms with Gasteiger partial charge in [0.2, 0.25) is 0 Å². The molecule has 0 saturated carbocycles. The van der Waals surface area contributed by atoms with Gasteiger partial charge in [-0.3, -0.25) is 4.79 Å². The number of hydrogen-bond donors (Lipinski definition) is 1. The Labute approximate surface area is 107 Å². The molecule has 0 bridgehead atoms. The summed E-state index contributed by atoms with van der Waals surface area (Å²) in [6.07, 6.45) is 0.167. The van der Waals surface area contributed by atoms with E-state index in [2.05, 4.69) is 5.32 Å². The third-order valence-corrected chi connectivity index (χ3v) is 2.44. The van der Waals surface area contributed by atoms with Gasteiger partial charge in [0, 0.05) is 11.1 Å². The van der Waals surface area contributed by atoms with Gasteiger partial charge in [-0.05, 0) is 44.5 Å². The summed E-state index contributed by atoms with van der Waals surface area (Å²) in [5.74, 6) is 0.567. The molecule has 0 saturated heterocycles. The lowest BCUT2D eigenvalue weighted by Gasteiger charge is -2.18. The molecule has 0 aromatic heterocycles. The normalized spacial score (nSPS) is 12.3. The zero-order chi connectivity index (χ0) is 12.8. The quantitative estimate of drug-likeness (QED) is 0.878. The van der Waals surface area contributed by atoms with Crippen molar-refractivity contribution in [1.82, 2.24) is 5.32 Å². The molecular weight excluding hydrogens is 238 g/mol. The number of carbonyl (C=O) groups excluding carboxylic acids is 1. The molecule has 0 fully saturated rings. The van der Waals surface area contributed by atoms with Gasteiger partial charge in [0.05, 0.1) is 0 Å². The standard InChI is InChI=1S/C13H18ClNO2/c1-4-12(13(16)15-9(2)3)17-11-7-5-10(14)6-8-11/h5-9,12H,4H2,1-3H3,(H,15,16)/t12-/m1/s1. The van der Waals surface area contributed by atoms with Gasteiger partial charge in [0.15, 0.2) is 6.10 Å². The molecular formula is C13H18ClNO2. The maximum atomic E-state index is 11.8. The second-order valence-corrected chi connectivity index (χ2v) is 4.57. The number of benzene rings is 1. The Kier molecular flexibility index (Phi) is 5.29. The largest absolute Gasteiger partial charge is 0.481 e. The van der Waals surface area contributed by atoms with Crippen LogP contribution in [0.3, 0.4) is 0 Å². The van der Waals surface area contributed by atoms with Crippen LogP contribution in [0.25, 0.3) is 0 Å². The fraction of sp³-hybridized carbons (Fsp3) is 0.462. The van der Waals surface area contributed by atoms with Crippen LogP contribution >= 0.6 is 11.6 Å². The number of amides is 1. The van der Waals surface area contributed by atoms with E-state index in [0.29, 0.717) is 17.2 Å². The van der Waals surface area contributed by atoms with E-state index in [4.69, 9.17) is 16.3 Å². The van der Waals surface area contributed by atoms with Crippen LogP contribution < -0.4 is 10.1 Å². The van der Waals surface area contributed by atoms with Crippen LogP contribution in [0.1, 0.15) is 27.2 Å². The Hall–Kier alpha value is -1.22. The molecule has 3 nitrogen and oxygen atoms in total. The summed E-state index contributed by atoms with van der Waals surface area (Å²) >= 11 is 5.78. The summed E-state index contributed by atoms with van der Waals surface area (Å²) in [6.45, 7) is 5.76. The molecule has 0 aliphatic rings. The van der Waals surface area contributed by atoms with Crippen molar-refractivity contribution < 1.29 is 9.53 Å². The predicted molar refractivity (Wildman–Crippen MR) is 69.4 cm³/mol. The minimum Gasteiger partial charge on any atom is -0.481 e. The van der Waals surface area contributed by atoms with Crippen molar-refractivity contribution >= 4 is 17.5 Å². The fourth-order valence-electron chi connectivity index (χ4n) is 1.38. The van der Waals surface area contributed by atoms with E-state index in [1.54, 1.807) is 24.3 Å². The smallest absolute Gasteiger partial charge is 0.261 e. The first kappa shape index (κ1) is 13.8. The zero-order valence-corrected chi connectivity index (χ0v) is 11.1. The Morgan fingerprint density at radius 1 is 1.35 bits per heavy atom. The summed E-state index contributed by atoms with van der Waals surface area (Å²) in [6, 6.07) is 7.11. The van der Waals surface area contributed by atoms with Crippen LogP contribution in [0.15, 0.2) is 24.3 Å². The first-order chi connectivity index (χ1) is 8.02. The third kappa shape index (κ3) is 4.65. The molecule has 1 atom stereocenters. The van der Waals surface area contributed by atoms with Crippen LogP contribution in [0.5, 0.6) is 5.75 Å². The van der Waals surface area contributed by atoms with E-state index in [-0.39, 0.29) is 11.9 Å². The molecule has 1 N–H and O–H groups in total. The first-order valence-electron chi connectivity index (χ1n) is 5.75. The Morgan fingerprint density at radius 3 is 2.41 bits per heavy atom. The molecule has 1 rings (SSSR count). The maximum absolute atomic E-state index is 11.8. The molecule has 4 heteroatoms. The van der Waals surface area contributed by atoms with Crippen molar-refractivity contribution in [3.05, 3.63) is 29.3 Å². The van der Waals surface area contributed by atoms with Crippen LogP contribution in [0, 0.1) is 0 Å². The fourth-order valence-corrected chi connectivity index (χ4v) is 1.50. The number of hydrogen-bond acceptors (Lipinski definition) is 2. The second kappa shape index (κ2) is 6.50. The highest BCUT2D eigenvalue weighted by atomic mass is 35.5. The van der Waals surface area contributed by atoms with Crippen molar-refractivity contribution in [3.63, 3.8) is 0 Å². The van der Waals surface area contributed by atoms with Crippen LogP contribution in [0.2, 0.25) is 5.02 Å². The van der Waals surface area contributed by atoms with Crippen molar-refractivity contribution in [2.24, 2.45) is 0 Å². The van der Waals surface area contributed by atoms with Crippen molar-refractivity contribution in [2.75, 3.05) is 0 Å². The highest BCUT2D eigenvalue weighted by molar-refractivity contribution is 6.30. The lowest BCUT2D eigenvalue weighted by Crippen LogP contribution is -2.41. The van der Waals surface area contributed by atoms with E-state index in [1.807, 2.05) is 20.8 Å². The highest BCUT2D eigenvalue weighted by Crippen LogP contribution is 2.17. The van der Waals surface area contributed by atoms with Gasteiger partial charge < -0.3 is 10.1 Å². The summed E-state index contributed by atoms with van der Waals surface area (Å²) in [7, 11) is 0. The van der Waals surface area contributed by atoms with Gasteiger partial charge in [-0.2, -0.15) is 0 Å². The average molecular weight is 256 g/mol. The molecule has 1 amide bonds. The Balaban J connectivity index is 2.63. The lowest BCUT2D eigenvalue weighted by molar-refractivity contribution is -0.128. The van der Waals surface area contributed by atoms with Crippen molar-refractivity contribution in [1.29, 1.82) is 0 Å². The summed E-state index contributed by atoms with van der Waals surface area (Å²) in [5.41, 5.74) is 0. The van der Waals surface area contributed by atoms with Crippen LogP contribution in [0.4, 0.5) is 0 Å². The van der Waals surface area contributed by atoms with E-state index < -0.39 is 6.10 Å². The van der Waals surface area contributed by atoms with Crippen LogP contribution in [-0.4, -0.2) is 18.1 Å². The van der Waals surface area contributed by atoms with Gasteiger partial charge in [-0.25, -0.2) is 0 Å². The molecule has 0 spiro atoms. The Bertz CT molecular complexity index is 362. The van der Waals surface area contributed by atoms with Gasteiger partial charge >= 0.3 is 0 Å². The van der Waals surface area contributed by atoms with E-state index >= 15 is 0 Å². The first-order valence-corrected chi connectivity index (χ1v) is 6.13. The minimum atomic E-state index is -0.460. The van der Waals surface area contributed by atoms with Gasteiger partial charge in [-0.15, -0.1) is 0 Å². The highest BCUT2D eigenvalue weighted by Gasteiger charge is 2.18. The molecule has 1 aromatic rings. The topological polar surface area (TPSA) is 38.3 Å². The molecule has 0 heterocycles. The zero-order valence-electron chi connectivity index (χ0n) is 10.4. The Morgan fingerprint density at radius 2 is 1.94 bits per heavy atom. The van der Waals surface area contributed by atoms with E-state index in [1.165, 1.54) is 0 Å². The average Bonchev–Trinajstić information content (AvgIpc) is 2.27. The maximum Gasteiger partial charge on any atom is 0.261 e. The van der Waals surface area contributed by atoms with Gasteiger partial charge in [0.25, 0.3) is 5.91 Å². The number of nitrogens with one attached hydrogen (secondary N) is 1. The number of carbonyl (C=O) groups is 1. The SMILES string of the molecule is CC[C@@H](Oc1ccc(Cl)cc1)C(=O)NC(C)C. The van der Waals surface area contributed by atoms with Crippen molar-refractivity contribution in [2.45, 2.75) is 39.3 Å². The number of rotatable bonds is 5. The van der Waals surface area contributed by atoms with E-state index in [0.717, 1.165) is 0 Å². The molecule has 0 unspecified atom stereocenters. The summed E-state index contributed by atoms with van der Waals surface area (Å²) in [5, 5.41) is 3.49. The monoisotopic (exact) mass is 255 g/mol.